The first kappa shape index (κ1) is 20.2. The van der Waals surface area contributed by atoms with Crippen molar-refractivity contribution in [1.29, 1.82) is 0 Å². The number of fused-ring (bicyclic) bond motifs is 2. The van der Waals surface area contributed by atoms with Crippen LogP contribution in [0.15, 0.2) is 0 Å². The topological polar surface area (TPSA) is 78.4 Å². The highest BCUT2D eigenvalue weighted by Gasteiger charge is 2.42. The lowest BCUT2D eigenvalue weighted by Gasteiger charge is -2.47. The molecule has 0 radical (unpaired) electrons. The number of aliphatic hydroxyl groups is 1. The summed E-state index contributed by atoms with van der Waals surface area (Å²) in [4.78, 5) is 23.7. The van der Waals surface area contributed by atoms with Gasteiger partial charge in [0.2, 0.25) is 12.3 Å². The lowest BCUT2D eigenvalue weighted by atomic mass is 9.62. The highest BCUT2D eigenvalue weighted by Crippen LogP contribution is 2.45. The van der Waals surface area contributed by atoms with Gasteiger partial charge in [0.05, 0.1) is 12.0 Å². The van der Waals surface area contributed by atoms with Crippen LogP contribution in [0.3, 0.4) is 0 Å². The van der Waals surface area contributed by atoms with E-state index < -0.39 is 6.10 Å². The van der Waals surface area contributed by atoms with Crippen molar-refractivity contribution in [2.24, 2.45) is 29.6 Å². The Morgan fingerprint density at radius 2 is 1.96 bits per heavy atom. The van der Waals surface area contributed by atoms with Gasteiger partial charge in [0.25, 0.3) is 0 Å². The number of nitrogens with one attached hydrogen (secondary N) is 2. The Bertz CT molecular complexity index is 452. The van der Waals surface area contributed by atoms with Crippen molar-refractivity contribution in [3.63, 3.8) is 0 Å². The third-order valence-electron chi connectivity index (χ3n) is 6.46. The fraction of sp³-hybridized carbons (Fsp3) is 0.900. The van der Waals surface area contributed by atoms with Crippen LogP contribution in [0.4, 0.5) is 0 Å². The number of aliphatic hydroxyl groups excluding tert-OH is 1. The first-order chi connectivity index (χ1) is 11.8. The monoisotopic (exact) mass is 352 g/mol. The standard InChI is InChI=1S/C20H36N2O3/c1-5-16-9-15-6-12(2)7-17(10-15)19(16)22-20(25)14(4)18(21-11-23)8-13(3)24/h11-19,24H,5-10H2,1-4H3,(H,21,23)(H,22,25)/t12?,13-,14?,15?,16?,17?,18?,19?/m1/s1. The van der Waals surface area contributed by atoms with E-state index in [-0.39, 0.29) is 23.9 Å². The van der Waals surface area contributed by atoms with Gasteiger partial charge in [-0.1, -0.05) is 27.2 Å². The molecule has 2 saturated carbocycles. The minimum Gasteiger partial charge on any atom is -0.393 e. The first-order valence-corrected chi connectivity index (χ1v) is 10.0. The van der Waals surface area contributed by atoms with Crippen molar-refractivity contribution >= 4 is 12.3 Å². The molecular weight excluding hydrogens is 316 g/mol. The molecule has 0 heterocycles. The smallest absolute Gasteiger partial charge is 0.225 e. The lowest BCUT2D eigenvalue weighted by Crippen LogP contribution is -2.54. The molecule has 5 heteroatoms. The van der Waals surface area contributed by atoms with E-state index in [4.69, 9.17) is 0 Å². The van der Waals surface area contributed by atoms with E-state index in [0.29, 0.717) is 24.7 Å². The summed E-state index contributed by atoms with van der Waals surface area (Å²) in [6.45, 7) is 8.08. The van der Waals surface area contributed by atoms with Crippen LogP contribution in [-0.2, 0) is 9.59 Å². The Labute approximate surface area is 152 Å². The maximum absolute atomic E-state index is 12.9. The number of hydrogen-bond donors (Lipinski definition) is 3. The van der Waals surface area contributed by atoms with Crippen LogP contribution in [-0.4, -0.2) is 35.6 Å². The molecule has 2 amide bonds. The third kappa shape index (κ3) is 5.19. The lowest BCUT2D eigenvalue weighted by molar-refractivity contribution is -0.128. The molecule has 2 rings (SSSR count). The Hall–Kier alpha value is -1.10. The van der Waals surface area contributed by atoms with E-state index >= 15 is 0 Å². The SMILES string of the molecule is CCC1CC2CC(C)CC(C2)C1NC(=O)C(C)C(C[C@@H](C)O)NC=O. The predicted octanol–water partition coefficient (Wildman–Crippen LogP) is 2.48. The Morgan fingerprint density at radius 3 is 2.56 bits per heavy atom. The summed E-state index contributed by atoms with van der Waals surface area (Å²) in [7, 11) is 0. The number of hydrogen-bond acceptors (Lipinski definition) is 3. The van der Waals surface area contributed by atoms with Crippen molar-refractivity contribution in [3.8, 4) is 0 Å². The summed E-state index contributed by atoms with van der Waals surface area (Å²) < 4.78 is 0. The van der Waals surface area contributed by atoms with Gasteiger partial charge in [-0.2, -0.15) is 0 Å². The van der Waals surface area contributed by atoms with Gasteiger partial charge in [-0.05, 0) is 62.7 Å². The van der Waals surface area contributed by atoms with Gasteiger partial charge in [-0.15, -0.1) is 0 Å². The summed E-state index contributed by atoms with van der Waals surface area (Å²) >= 11 is 0. The second kappa shape index (κ2) is 9.02. The van der Waals surface area contributed by atoms with E-state index in [1.54, 1.807) is 6.92 Å². The van der Waals surface area contributed by atoms with Crippen molar-refractivity contribution < 1.29 is 14.7 Å². The van der Waals surface area contributed by atoms with Crippen LogP contribution in [0, 0.1) is 29.6 Å². The Balaban J connectivity index is 2.04. The molecular formula is C20H36N2O3. The maximum atomic E-state index is 12.9. The summed E-state index contributed by atoms with van der Waals surface area (Å²) in [6.07, 6.45) is 6.57. The molecule has 0 aromatic rings. The normalized spacial score (nSPS) is 35.3. The van der Waals surface area contributed by atoms with E-state index in [9.17, 15) is 14.7 Å². The fourth-order valence-electron chi connectivity index (χ4n) is 5.25. The minimum atomic E-state index is -0.550. The molecule has 7 unspecified atom stereocenters. The second-order valence-corrected chi connectivity index (χ2v) is 8.64. The van der Waals surface area contributed by atoms with Crippen LogP contribution in [0.2, 0.25) is 0 Å². The van der Waals surface area contributed by atoms with Gasteiger partial charge in [0.15, 0.2) is 0 Å². The highest BCUT2D eigenvalue weighted by atomic mass is 16.3. The zero-order chi connectivity index (χ0) is 18.6. The Morgan fingerprint density at radius 1 is 1.24 bits per heavy atom. The first-order valence-electron chi connectivity index (χ1n) is 10.0. The molecule has 2 fully saturated rings. The van der Waals surface area contributed by atoms with Crippen molar-refractivity contribution in [3.05, 3.63) is 0 Å². The average Bonchev–Trinajstić information content (AvgIpc) is 2.55. The van der Waals surface area contributed by atoms with E-state index in [1.807, 2.05) is 6.92 Å². The Kier molecular flexibility index (Phi) is 7.29. The molecule has 0 saturated heterocycles. The third-order valence-corrected chi connectivity index (χ3v) is 6.46. The number of carbonyl (C=O) groups is 2. The average molecular weight is 353 g/mol. The molecule has 8 atom stereocenters. The molecule has 144 valence electrons. The van der Waals surface area contributed by atoms with Gasteiger partial charge < -0.3 is 15.7 Å². The van der Waals surface area contributed by atoms with Crippen molar-refractivity contribution in [2.45, 2.75) is 84.4 Å². The molecule has 0 aromatic heterocycles. The number of amides is 2. The quantitative estimate of drug-likeness (QED) is 0.587. The van der Waals surface area contributed by atoms with E-state index in [2.05, 4.69) is 24.5 Å². The van der Waals surface area contributed by atoms with Gasteiger partial charge in [0, 0.05) is 12.1 Å². The molecule has 0 spiro atoms. The summed E-state index contributed by atoms with van der Waals surface area (Å²) in [5, 5.41) is 15.7. The molecule has 2 bridgehead atoms. The van der Waals surface area contributed by atoms with E-state index in [0.717, 1.165) is 18.3 Å². The second-order valence-electron chi connectivity index (χ2n) is 8.64. The van der Waals surface area contributed by atoms with Crippen LogP contribution in [0.1, 0.15) is 66.2 Å². The largest absolute Gasteiger partial charge is 0.393 e. The molecule has 25 heavy (non-hydrogen) atoms. The van der Waals surface area contributed by atoms with Crippen molar-refractivity contribution in [2.75, 3.05) is 0 Å². The van der Waals surface area contributed by atoms with E-state index in [1.165, 1.54) is 25.7 Å². The molecule has 2 aliphatic carbocycles. The van der Waals surface area contributed by atoms with Crippen LogP contribution in [0.5, 0.6) is 0 Å². The molecule has 5 nitrogen and oxygen atoms in total. The molecule has 2 aliphatic rings. The van der Waals surface area contributed by atoms with Gasteiger partial charge >= 0.3 is 0 Å². The highest BCUT2D eigenvalue weighted by molar-refractivity contribution is 5.79. The number of rotatable bonds is 8. The van der Waals surface area contributed by atoms with Crippen LogP contribution >= 0.6 is 0 Å². The summed E-state index contributed by atoms with van der Waals surface area (Å²) in [5.74, 6) is 2.36. The molecule has 3 N–H and O–H groups in total. The molecule has 0 aliphatic heterocycles. The zero-order valence-corrected chi connectivity index (χ0v) is 16.2. The fourth-order valence-corrected chi connectivity index (χ4v) is 5.25. The van der Waals surface area contributed by atoms with Crippen LogP contribution < -0.4 is 10.6 Å². The van der Waals surface area contributed by atoms with Gasteiger partial charge in [-0.3, -0.25) is 9.59 Å². The summed E-state index contributed by atoms with van der Waals surface area (Å²) in [6, 6.07) is -0.0819. The number of carbonyl (C=O) groups excluding carboxylic acids is 2. The van der Waals surface area contributed by atoms with Gasteiger partial charge in [0.1, 0.15) is 0 Å². The summed E-state index contributed by atoms with van der Waals surface area (Å²) in [5.41, 5.74) is 0. The predicted molar refractivity (Wildman–Crippen MR) is 98.8 cm³/mol. The maximum Gasteiger partial charge on any atom is 0.225 e. The van der Waals surface area contributed by atoms with Gasteiger partial charge in [-0.25, -0.2) is 0 Å². The van der Waals surface area contributed by atoms with Crippen LogP contribution in [0.25, 0.3) is 0 Å². The molecule has 0 aromatic carbocycles. The van der Waals surface area contributed by atoms with Crippen molar-refractivity contribution in [1.82, 2.24) is 10.6 Å². The minimum absolute atomic E-state index is 0.000117. The zero-order valence-electron chi connectivity index (χ0n) is 16.2.